The number of halogens is 1. The molecule has 1 aromatic carbocycles. The Hall–Kier alpha value is -2.86. The van der Waals surface area contributed by atoms with Gasteiger partial charge in [-0.05, 0) is 44.0 Å². The quantitative estimate of drug-likeness (QED) is 0.680. The first kappa shape index (κ1) is 18.5. The van der Waals surface area contributed by atoms with Gasteiger partial charge >= 0.3 is 0 Å². The summed E-state index contributed by atoms with van der Waals surface area (Å²) in [7, 11) is 0. The molecule has 1 aliphatic rings. The first-order valence-corrected chi connectivity index (χ1v) is 9.57. The highest BCUT2D eigenvalue weighted by Gasteiger charge is 2.30. The molecule has 4 rings (SSSR count). The fourth-order valence-electron chi connectivity index (χ4n) is 3.71. The third-order valence-corrected chi connectivity index (χ3v) is 5.84. The van der Waals surface area contributed by atoms with Crippen LogP contribution in [0.25, 0.3) is 5.69 Å². The van der Waals surface area contributed by atoms with Crippen molar-refractivity contribution in [2.24, 2.45) is 0 Å². The Balaban J connectivity index is 1.70. The van der Waals surface area contributed by atoms with Crippen molar-refractivity contribution in [3.63, 3.8) is 0 Å². The largest absolute Gasteiger partial charge is 0.329 e. The molecule has 0 spiro atoms. The molecule has 1 amide bonds. The molecule has 3 heterocycles. The van der Waals surface area contributed by atoms with Gasteiger partial charge < -0.3 is 14.0 Å². The Morgan fingerprint density at radius 3 is 2.61 bits per heavy atom. The van der Waals surface area contributed by atoms with Crippen LogP contribution in [0.5, 0.6) is 0 Å². The highest BCUT2D eigenvalue weighted by molar-refractivity contribution is 6.32. The smallest absolute Gasteiger partial charge is 0.275 e. The molecular formula is C21H21ClN4O2. The van der Waals surface area contributed by atoms with Gasteiger partial charge in [0.25, 0.3) is 11.5 Å². The average Bonchev–Trinajstić information content (AvgIpc) is 3.10. The molecule has 0 saturated heterocycles. The minimum atomic E-state index is -0.191. The number of hydrogen-bond donors (Lipinski definition) is 0. The van der Waals surface area contributed by atoms with Gasteiger partial charge in [-0.15, -0.1) is 0 Å². The van der Waals surface area contributed by atoms with Crippen molar-refractivity contribution in [3.8, 4) is 5.69 Å². The number of nitrogens with zero attached hydrogens (tertiary/aromatic N) is 4. The predicted molar refractivity (Wildman–Crippen MR) is 108 cm³/mol. The highest BCUT2D eigenvalue weighted by Crippen LogP contribution is 2.31. The molecule has 144 valence electrons. The van der Waals surface area contributed by atoms with Crippen molar-refractivity contribution in [1.82, 2.24) is 19.0 Å². The molecule has 28 heavy (non-hydrogen) atoms. The van der Waals surface area contributed by atoms with Crippen molar-refractivity contribution in [1.29, 1.82) is 0 Å². The van der Waals surface area contributed by atoms with E-state index in [-0.39, 0.29) is 17.5 Å². The summed E-state index contributed by atoms with van der Waals surface area (Å²) in [6.07, 6.45) is 3.40. The van der Waals surface area contributed by atoms with Crippen molar-refractivity contribution in [3.05, 3.63) is 80.7 Å². The molecule has 1 atom stereocenters. The summed E-state index contributed by atoms with van der Waals surface area (Å²) in [4.78, 5) is 32.0. The average molecular weight is 397 g/mol. The van der Waals surface area contributed by atoms with E-state index in [4.69, 9.17) is 11.6 Å². The minimum Gasteiger partial charge on any atom is -0.329 e. The normalized spacial score (nSPS) is 14.9. The lowest BCUT2D eigenvalue weighted by Gasteiger charge is -2.35. The fourth-order valence-corrected chi connectivity index (χ4v) is 4.00. The van der Waals surface area contributed by atoms with Gasteiger partial charge in [0.1, 0.15) is 11.4 Å². The van der Waals surface area contributed by atoms with E-state index in [1.165, 1.54) is 0 Å². The number of hydrogen-bond acceptors (Lipinski definition) is 3. The minimum absolute atomic E-state index is 0.165. The van der Waals surface area contributed by atoms with Crippen LogP contribution in [0.2, 0.25) is 5.02 Å². The number of fused-ring (bicyclic) bond motifs is 1. The second-order valence-electron chi connectivity index (χ2n) is 7.14. The van der Waals surface area contributed by atoms with Crippen LogP contribution in [-0.2, 0) is 6.54 Å². The molecular weight excluding hydrogens is 376 g/mol. The molecule has 1 unspecified atom stereocenters. The number of aryl methyl sites for hydroxylation is 2. The Kier molecular flexibility index (Phi) is 4.59. The van der Waals surface area contributed by atoms with Crippen LogP contribution in [0.15, 0.2) is 47.7 Å². The van der Waals surface area contributed by atoms with Crippen LogP contribution in [0.1, 0.15) is 40.3 Å². The van der Waals surface area contributed by atoms with Gasteiger partial charge in [0.2, 0.25) is 0 Å². The first-order valence-electron chi connectivity index (χ1n) is 9.19. The van der Waals surface area contributed by atoms with E-state index in [0.717, 1.165) is 16.8 Å². The molecule has 0 radical (unpaired) electrons. The second kappa shape index (κ2) is 6.95. The maximum absolute atomic E-state index is 13.1. The van der Waals surface area contributed by atoms with Gasteiger partial charge in [-0.3, -0.25) is 9.59 Å². The second-order valence-corrected chi connectivity index (χ2v) is 7.51. The van der Waals surface area contributed by atoms with Gasteiger partial charge in [0.15, 0.2) is 0 Å². The zero-order valence-electron chi connectivity index (χ0n) is 16.0. The van der Waals surface area contributed by atoms with E-state index < -0.39 is 0 Å². The number of benzene rings is 1. The lowest BCUT2D eigenvalue weighted by Crippen LogP contribution is -2.46. The Morgan fingerprint density at radius 1 is 1.11 bits per heavy atom. The summed E-state index contributed by atoms with van der Waals surface area (Å²) < 4.78 is 3.24. The highest BCUT2D eigenvalue weighted by atomic mass is 35.5. The molecule has 1 aliphatic heterocycles. The standard InChI is InChI=1S/C21H21ClN4O2/c1-13-5-4-6-16(19(13)22)15(3)25-9-10-26-18(21(25)28)8-7-17(20(26)27)24-11-14(2)23-12-24/h4-8,11-12,15H,9-10H2,1-3H3. The lowest BCUT2D eigenvalue weighted by atomic mass is 10.0. The summed E-state index contributed by atoms with van der Waals surface area (Å²) in [6.45, 7) is 6.67. The number of carbonyl (C=O) groups excluding carboxylic acids is 1. The van der Waals surface area contributed by atoms with Crippen LogP contribution >= 0.6 is 11.6 Å². The summed E-state index contributed by atoms with van der Waals surface area (Å²) in [5.74, 6) is -0.165. The molecule has 0 saturated carbocycles. The summed E-state index contributed by atoms with van der Waals surface area (Å²) in [5.41, 5.74) is 3.41. The van der Waals surface area contributed by atoms with Gasteiger partial charge in [-0.25, -0.2) is 4.98 Å². The Morgan fingerprint density at radius 2 is 1.89 bits per heavy atom. The van der Waals surface area contributed by atoms with Crippen LogP contribution in [-0.4, -0.2) is 31.5 Å². The molecule has 0 bridgehead atoms. The summed E-state index contributed by atoms with van der Waals surface area (Å²) >= 11 is 6.47. The van der Waals surface area contributed by atoms with E-state index in [9.17, 15) is 9.59 Å². The lowest BCUT2D eigenvalue weighted by molar-refractivity contribution is 0.0628. The van der Waals surface area contributed by atoms with Gasteiger partial charge in [-0.2, -0.15) is 0 Å². The summed E-state index contributed by atoms with van der Waals surface area (Å²) in [6, 6.07) is 9.05. The molecule has 0 aliphatic carbocycles. The predicted octanol–water partition coefficient (Wildman–Crippen LogP) is 3.52. The van der Waals surface area contributed by atoms with Gasteiger partial charge in [0, 0.05) is 24.3 Å². The SMILES string of the molecule is Cc1cn(-c2ccc3n(c2=O)CCN(C(C)c2cccc(C)c2Cl)C3=O)cn1. The van der Waals surface area contributed by atoms with Crippen molar-refractivity contribution >= 4 is 17.5 Å². The van der Waals surface area contributed by atoms with Crippen LogP contribution in [0.4, 0.5) is 0 Å². The van der Waals surface area contributed by atoms with Crippen LogP contribution < -0.4 is 5.56 Å². The summed E-state index contributed by atoms with van der Waals surface area (Å²) in [5, 5.41) is 0.677. The molecule has 7 heteroatoms. The zero-order valence-corrected chi connectivity index (χ0v) is 16.8. The third kappa shape index (κ3) is 2.94. The number of pyridine rings is 1. The number of amides is 1. The van der Waals surface area contributed by atoms with E-state index >= 15 is 0 Å². The van der Waals surface area contributed by atoms with E-state index in [1.54, 1.807) is 38.7 Å². The Labute approximate surface area is 168 Å². The fraction of sp³-hybridized carbons (Fsp3) is 0.286. The van der Waals surface area contributed by atoms with Crippen molar-refractivity contribution < 1.29 is 4.79 Å². The van der Waals surface area contributed by atoms with Crippen molar-refractivity contribution in [2.45, 2.75) is 33.4 Å². The van der Waals surface area contributed by atoms with E-state index in [1.807, 2.05) is 39.0 Å². The van der Waals surface area contributed by atoms with Crippen LogP contribution in [0.3, 0.4) is 0 Å². The maximum atomic E-state index is 13.1. The molecule has 6 nitrogen and oxygen atoms in total. The number of aromatic nitrogens is 3. The van der Waals surface area contributed by atoms with Gasteiger partial charge in [0.05, 0.1) is 18.1 Å². The third-order valence-electron chi connectivity index (χ3n) is 5.33. The number of carbonyl (C=O) groups is 1. The maximum Gasteiger partial charge on any atom is 0.275 e. The van der Waals surface area contributed by atoms with Crippen molar-refractivity contribution in [2.75, 3.05) is 6.54 Å². The first-order chi connectivity index (χ1) is 13.4. The van der Waals surface area contributed by atoms with E-state index in [0.29, 0.717) is 29.5 Å². The number of rotatable bonds is 3. The number of imidazole rings is 1. The van der Waals surface area contributed by atoms with Gasteiger partial charge in [-0.1, -0.05) is 29.8 Å². The monoisotopic (exact) mass is 396 g/mol. The molecule has 0 N–H and O–H groups in total. The molecule has 3 aromatic rings. The zero-order chi connectivity index (χ0) is 20.0. The topological polar surface area (TPSA) is 60.1 Å². The Bertz CT molecular complexity index is 1130. The molecule has 0 fully saturated rings. The molecule has 2 aromatic heterocycles. The van der Waals surface area contributed by atoms with Crippen LogP contribution in [0, 0.1) is 13.8 Å². The van der Waals surface area contributed by atoms with E-state index in [2.05, 4.69) is 4.98 Å².